The first-order valence-electron chi connectivity index (χ1n) is 7.24. The van der Waals surface area contributed by atoms with Gasteiger partial charge in [-0.3, -0.25) is 19.7 Å². The van der Waals surface area contributed by atoms with Crippen LogP contribution in [0.2, 0.25) is 0 Å². The van der Waals surface area contributed by atoms with Crippen LogP contribution in [0.5, 0.6) is 0 Å². The summed E-state index contributed by atoms with van der Waals surface area (Å²) in [5.41, 5.74) is 1.89. The highest BCUT2D eigenvalue weighted by atomic mass is 16.6. The Hall–Kier alpha value is -3.22. The third kappa shape index (κ3) is 3.57. The Labute approximate surface area is 138 Å². The molecule has 124 valence electrons. The molecular weight excluding hydrogens is 310 g/mol. The van der Waals surface area contributed by atoms with Crippen molar-refractivity contribution in [1.29, 1.82) is 0 Å². The lowest BCUT2D eigenvalue weighted by Gasteiger charge is -2.13. The molecule has 0 aliphatic rings. The third-order valence-electron chi connectivity index (χ3n) is 3.56. The molecule has 0 fully saturated rings. The van der Waals surface area contributed by atoms with E-state index in [0.29, 0.717) is 22.5 Å². The van der Waals surface area contributed by atoms with Gasteiger partial charge in [-0.25, -0.2) is 0 Å². The SMILES string of the molecule is CC(=O)Nc1cccc(NC(=O)c2cccc(C)c2[N+](=O)[O-])c1C. The second-order valence-electron chi connectivity index (χ2n) is 5.34. The Bertz CT molecular complexity index is 831. The molecule has 2 amide bonds. The topological polar surface area (TPSA) is 101 Å². The number of anilines is 2. The number of hydrogen-bond acceptors (Lipinski definition) is 4. The van der Waals surface area contributed by atoms with Crippen molar-refractivity contribution in [2.24, 2.45) is 0 Å². The van der Waals surface area contributed by atoms with E-state index in [1.54, 1.807) is 44.2 Å². The molecule has 7 heteroatoms. The van der Waals surface area contributed by atoms with E-state index in [2.05, 4.69) is 10.6 Å². The van der Waals surface area contributed by atoms with Crippen molar-refractivity contribution >= 4 is 28.9 Å². The Morgan fingerprint density at radius 3 is 2.17 bits per heavy atom. The van der Waals surface area contributed by atoms with Crippen LogP contribution in [0.1, 0.15) is 28.4 Å². The van der Waals surface area contributed by atoms with Gasteiger partial charge in [0.15, 0.2) is 0 Å². The molecule has 2 aromatic rings. The summed E-state index contributed by atoms with van der Waals surface area (Å²) in [7, 11) is 0. The lowest BCUT2D eigenvalue weighted by molar-refractivity contribution is -0.385. The Morgan fingerprint density at radius 1 is 1.00 bits per heavy atom. The van der Waals surface area contributed by atoms with Crippen LogP contribution in [-0.2, 0) is 4.79 Å². The zero-order valence-electron chi connectivity index (χ0n) is 13.5. The van der Waals surface area contributed by atoms with Crippen molar-refractivity contribution in [3.8, 4) is 0 Å². The Morgan fingerprint density at radius 2 is 1.58 bits per heavy atom. The zero-order valence-corrected chi connectivity index (χ0v) is 13.5. The minimum atomic E-state index is -0.575. The van der Waals surface area contributed by atoms with Gasteiger partial charge in [-0.15, -0.1) is 0 Å². The maximum absolute atomic E-state index is 12.5. The molecule has 0 spiro atoms. The van der Waals surface area contributed by atoms with Crippen molar-refractivity contribution < 1.29 is 14.5 Å². The maximum Gasteiger partial charge on any atom is 0.285 e. The van der Waals surface area contributed by atoms with Crippen molar-refractivity contribution in [2.75, 3.05) is 10.6 Å². The summed E-state index contributed by atoms with van der Waals surface area (Å²) in [6.07, 6.45) is 0. The smallest absolute Gasteiger partial charge is 0.285 e. The van der Waals surface area contributed by atoms with Crippen LogP contribution in [0.15, 0.2) is 36.4 Å². The van der Waals surface area contributed by atoms with E-state index in [1.807, 2.05) is 0 Å². The van der Waals surface area contributed by atoms with Gasteiger partial charge in [0.1, 0.15) is 5.56 Å². The largest absolute Gasteiger partial charge is 0.326 e. The van der Waals surface area contributed by atoms with Crippen LogP contribution < -0.4 is 10.6 Å². The van der Waals surface area contributed by atoms with Crippen LogP contribution in [0.4, 0.5) is 17.1 Å². The molecule has 0 aliphatic carbocycles. The van der Waals surface area contributed by atoms with Gasteiger partial charge in [0, 0.05) is 23.9 Å². The minimum Gasteiger partial charge on any atom is -0.326 e. The summed E-state index contributed by atoms with van der Waals surface area (Å²) in [5, 5.41) is 16.6. The van der Waals surface area contributed by atoms with Crippen molar-refractivity contribution in [2.45, 2.75) is 20.8 Å². The second-order valence-corrected chi connectivity index (χ2v) is 5.34. The number of nitro groups is 1. The molecule has 0 saturated carbocycles. The summed E-state index contributed by atoms with van der Waals surface area (Å²) >= 11 is 0. The molecule has 2 N–H and O–H groups in total. The molecule has 24 heavy (non-hydrogen) atoms. The number of carbonyl (C=O) groups excluding carboxylic acids is 2. The molecule has 0 unspecified atom stereocenters. The molecule has 0 radical (unpaired) electrons. The maximum atomic E-state index is 12.5. The highest BCUT2D eigenvalue weighted by Crippen LogP contribution is 2.27. The predicted octanol–water partition coefficient (Wildman–Crippen LogP) is 3.42. The normalized spacial score (nSPS) is 10.1. The van der Waals surface area contributed by atoms with Gasteiger partial charge < -0.3 is 10.6 Å². The number of carbonyl (C=O) groups is 2. The van der Waals surface area contributed by atoms with Crippen molar-refractivity contribution in [3.05, 3.63) is 63.2 Å². The molecule has 0 atom stereocenters. The molecule has 0 aromatic heterocycles. The van der Waals surface area contributed by atoms with Crippen molar-refractivity contribution in [3.63, 3.8) is 0 Å². The van der Waals surface area contributed by atoms with E-state index >= 15 is 0 Å². The summed E-state index contributed by atoms with van der Waals surface area (Å²) in [4.78, 5) is 34.3. The van der Waals surface area contributed by atoms with Crippen LogP contribution >= 0.6 is 0 Å². The third-order valence-corrected chi connectivity index (χ3v) is 3.56. The first-order valence-corrected chi connectivity index (χ1v) is 7.24. The van der Waals surface area contributed by atoms with E-state index < -0.39 is 10.8 Å². The number of nitro benzene ring substituents is 1. The Balaban J connectivity index is 2.36. The molecule has 0 aliphatic heterocycles. The minimum absolute atomic E-state index is 0.00988. The van der Waals surface area contributed by atoms with E-state index in [9.17, 15) is 19.7 Å². The highest BCUT2D eigenvalue weighted by molar-refractivity contribution is 6.08. The number of aryl methyl sites for hydroxylation is 1. The first-order chi connectivity index (χ1) is 11.3. The molecular formula is C17H17N3O4. The van der Waals surface area contributed by atoms with Crippen LogP contribution in [0.25, 0.3) is 0 Å². The standard InChI is InChI=1S/C17H17N3O4/c1-10-6-4-7-13(16(10)20(23)24)17(22)19-15-9-5-8-14(11(15)2)18-12(3)21/h4-9H,1-3H3,(H,18,21)(H,19,22). The fraction of sp³-hybridized carbons (Fsp3) is 0.176. The van der Waals surface area contributed by atoms with Gasteiger partial charge in [0.25, 0.3) is 11.6 Å². The van der Waals surface area contributed by atoms with Crippen LogP contribution in [0, 0.1) is 24.0 Å². The lowest BCUT2D eigenvalue weighted by atomic mass is 10.1. The number of hydrogen-bond donors (Lipinski definition) is 2. The van der Waals surface area contributed by atoms with Gasteiger partial charge in [-0.05, 0) is 37.6 Å². The van der Waals surface area contributed by atoms with Crippen LogP contribution in [0.3, 0.4) is 0 Å². The summed E-state index contributed by atoms with van der Waals surface area (Å²) in [5.74, 6) is -0.802. The first kappa shape index (κ1) is 17.1. The van der Waals surface area contributed by atoms with Gasteiger partial charge in [-0.2, -0.15) is 0 Å². The number of benzene rings is 2. The number of amides is 2. The molecule has 0 heterocycles. The number of para-hydroxylation sites is 1. The van der Waals surface area contributed by atoms with Crippen LogP contribution in [-0.4, -0.2) is 16.7 Å². The van der Waals surface area contributed by atoms with Gasteiger partial charge >= 0.3 is 0 Å². The van der Waals surface area contributed by atoms with E-state index in [0.717, 1.165) is 0 Å². The summed E-state index contributed by atoms with van der Waals surface area (Å²) < 4.78 is 0. The fourth-order valence-corrected chi connectivity index (χ4v) is 2.37. The zero-order chi connectivity index (χ0) is 17.9. The van der Waals surface area contributed by atoms with Gasteiger partial charge in [-0.1, -0.05) is 18.2 Å². The lowest BCUT2D eigenvalue weighted by Crippen LogP contribution is -2.16. The Kier molecular flexibility index (Phi) is 4.93. The van der Waals surface area contributed by atoms with E-state index in [4.69, 9.17) is 0 Å². The fourth-order valence-electron chi connectivity index (χ4n) is 2.37. The molecule has 0 saturated heterocycles. The quantitative estimate of drug-likeness (QED) is 0.663. The van der Waals surface area contributed by atoms with E-state index in [-0.39, 0.29) is 17.2 Å². The number of nitrogens with one attached hydrogen (secondary N) is 2. The molecule has 2 rings (SSSR count). The van der Waals surface area contributed by atoms with E-state index in [1.165, 1.54) is 13.0 Å². The average molecular weight is 327 g/mol. The second kappa shape index (κ2) is 6.91. The molecule has 2 aromatic carbocycles. The van der Waals surface area contributed by atoms with Gasteiger partial charge in [0.05, 0.1) is 4.92 Å². The highest BCUT2D eigenvalue weighted by Gasteiger charge is 2.22. The molecule has 7 nitrogen and oxygen atoms in total. The monoisotopic (exact) mass is 327 g/mol. The van der Waals surface area contributed by atoms with Gasteiger partial charge in [0.2, 0.25) is 5.91 Å². The number of nitrogens with zero attached hydrogens (tertiary/aromatic N) is 1. The average Bonchev–Trinajstić information content (AvgIpc) is 2.50. The molecule has 0 bridgehead atoms. The number of rotatable bonds is 4. The predicted molar refractivity (Wildman–Crippen MR) is 91.3 cm³/mol. The van der Waals surface area contributed by atoms with Crippen molar-refractivity contribution in [1.82, 2.24) is 0 Å². The summed E-state index contributed by atoms with van der Waals surface area (Å²) in [6, 6.07) is 9.64. The summed E-state index contributed by atoms with van der Waals surface area (Å²) in [6.45, 7) is 4.71.